The van der Waals surface area contributed by atoms with Crippen molar-refractivity contribution in [2.75, 3.05) is 17.6 Å². The van der Waals surface area contributed by atoms with Crippen molar-refractivity contribution in [3.05, 3.63) is 90.0 Å². The number of hydrogen-bond donors (Lipinski definition) is 2. The maximum absolute atomic E-state index is 13.6. The molecular weight excluding hydrogens is 498 g/mol. The monoisotopic (exact) mass is 531 g/mol. The van der Waals surface area contributed by atoms with Gasteiger partial charge in [-0.15, -0.1) is 11.8 Å². The van der Waals surface area contributed by atoms with E-state index in [1.165, 1.54) is 11.8 Å². The van der Waals surface area contributed by atoms with Crippen LogP contribution in [0.5, 0.6) is 0 Å². The van der Waals surface area contributed by atoms with Gasteiger partial charge in [0.2, 0.25) is 5.91 Å². The standard InChI is InChI=1S/C30H33N3O4S/c1-20-11-10-14-22(17-20)32-29(36)31-18-26(34)33-25(28(35)37-30(2,3)4)19-38-27(33)24-16-9-8-15-23(24)21-12-6-5-7-13-21/h5-17,25,27H,18-19H2,1-4H3,(H2,31,32,36)/t25-,27+/m0/s1. The maximum Gasteiger partial charge on any atom is 0.330 e. The van der Waals surface area contributed by atoms with Gasteiger partial charge in [0.15, 0.2) is 0 Å². The molecule has 198 valence electrons. The molecule has 0 radical (unpaired) electrons. The van der Waals surface area contributed by atoms with Gasteiger partial charge < -0.3 is 20.3 Å². The Hall–Kier alpha value is -3.78. The molecule has 1 aliphatic rings. The fourth-order valence-electron chi connectivity index (χ4n) is 4.34. The molecule has 1 heterocycles. The lowest BCUT2D eigenvalue weighted by molar-refractivity contribution is -0.163. The Kier molecular flexibility index (Phi) is 8.42. The predicted octanol–water partition coefficient (Wildman–Crippen LogP) is 5.77. The molecule has 0 unspecified atom stereocenters. The van der Waals surface area contributed by atoms with E-state index in [2.05, 4.69) is 10.6 Å². The molecule has 4 rings (SSSR count). The second kappa shape index (κ2) is 11.7. The average molecular weight is 532 g/mol. The van der Waals surface area contributed by atoms with Crippen molar-refractivity contribution in [3.63, 3.8) is 0 Å². The molecule has 0 bridgehead atoms. The smallest absolute Gasteiger partial charge is 0.330 e. The number of aryl methyl sites for hydroxylation is 1. The Morgan fingerprint density at radius 1 is 0.974 bits per heavy atom. The summed E-state index contributed by atoms with van der Waals surface area (Å²) >= 11 is 1.52. The Bertz CT molecular complexity index is 1310. The number of hydrogen-bond acceptors (Lipinski definition) is 5. The zero-order chi connectivity index (χ0) is 27.3. The Morgan fingerprint density at radius 3 is 2.39 bits per heavy atom. The number of esters is 1. The number of amides is 3. The minimum absolute atomic E-state index is 0.262. The minimum atomic E-state index is -0.776. The van der Waals surface area contributed by atoms with Crippen LogP contribution in [0, 0.1) is 6.92 Å². The first-order valence-corrected chi connectivity index (χ1v) is 13.6. The summed E-state index contributed by atoms with van der Waals surface area (Å²) in [5, 5.41) is 4.98. The van der Waals surface area contributed by atoms with Crippen LogP contribution in [0.15, 0.2) is 78.9 Å². The molecule has 2 N–H and O–H groups in total. The van der Waals surface area contributed by atoms with Crippen molar-refractivity contribution in [3.8, 4) is 11.1 Å². The topological polar surface area (TPSA) is 87.7 Å². The first-order chi connectivity index (χ1) is 18.1. The average Bonchev–Trinajstić information content (AvgIpc) is 3.32. The van der Waals surface area contributed by atoms with Crippen LogP contribution in [0.3, 0.4) is 0 Å². The molecule has 0 spiro atoms. The lowest BCUT2D eigenvalue weighted by Gasteiger charge is -2.31. The summed E-state index contributed by atoms with van der Waals surface area (Å²) in [6, 6.07) is 23.9. The van der Waals surface area contributed by atoms with Crippen molar-refractivity contribution in [2.45, 2.75) is 44.7 Å². The number of anilines is 1. The molecule has 7 nitrogen and oxygen atoms in total. The first kappa shape index (κ1) is 27.3. The van der Waals surface area contributed by atoms with Crippen molar-refractivity contribution < 1.29 is 19.1 Å². The number of ether oxygens (including phenoxy) is 1. The van der Waals surface area contributed by atoms with E-state index >= 15 is 0 Å². The Labute approximate surface area is 227 Å². The van der Waals surface area contributed by atoms with E-state index < -0.39 is 29.0 Å². The van der Waals surface area contributed by atoms with E-state index in [-0.39, 0.29) is 12.5 Å². The number of carbonyl (C=O) groups excluding carboxylic acids is 3. The molecule has 3 aromatic carbocycles. The van der Waals surface area contributed by atoms with Crippen LogP contribution in [0.25, 0.3) is 11.1 Å². The highest BCUT2D eigenvalue weighted by molar-refractivity contribution is 7.99. The lowest BCUT2D eigenvalue weighted by Crippen LogP contribution is -2.49. The molecule has 1 aliphatic heterocycles. The fourth-order valence-corrected chi connectivity index (χ4v) is 5.81. The van der Waals surface area contributed by atoms with Gasteiger partial charge in [0, 0.05) is 11.4 Å². The molecule has 2 atom stereocenters. The highest BCUT2D eigenvalue weighted by Crippen LogP contribution is 2.45. The van der Waals surface area contributed by atoms with Gasteiger partial charge >= 0.3 is 12.0 Å². The zero-order valence-electron chi connectivity index (χ0n) is 22.1. The molecule has 0 aliphatic carbocycles. The maximum atomic E-state index is 13.6. The van der Waals surface area contributed by atoms with Gasteiger partial charge in [-0.2, -0.15) is 0 Å². The number of benzene rings is 3. The van der Waals surface area contributed by atoms with Gasteiger partial charge in [-0.05, 0) is 62.1 Å². The van der Waals surface area contributed by atoms with E-state index in [0.717, 1.165) is 22.3 Å². The number of carbonyl (C=O) groups is 3. The van der Waals surface area contributed by atoms with Crippen LogP contribution in [0.2, 0.25) is 0 Å². The molecule has 3 aromatic rings. The van der Waals surface area contributed by atoms with Gasteiger partial charge in [-0.25, -0.2) is 9.59 Å². The van der Waals surface area contributed by atoms with Crippen LogP contribution in [-0.2, 0) is 14.3 Å². The van der Waals surface area contributed by atoms with Crippen molar-refractivity contribution in [2.24, 2.45) is 0 Å². The summed E-state index contributed by atoms with van der Waals surface area (Å²) in [5.74, 6) is -0.426. The largest absolute Gasteiger partial charge is 0.458 e. The molecule has 0 aromatic heterocycles. The highest BCUT2D eigenvalue weighted by Gasteiger charge is 2.44. The normalized spacial score (nSPS) is 17.1. The van der Waals surface area contributed by atoms with Crippen LogP contribution >= 0.6 is 11.8 Å². The first-order valence-electron chi connectivity index (χ1n) is 12.5. The van der Waals surface area contributed by atoms with Gasteiger partial charge in [0.05, 0.1) is 6.54 Å². The number of nitrogens with zero attached hydrogens (tertiary/aromatic N) is 1. The number of rotatable bonds is 6. The van der Waals surface area contributed by atoms with Crippen LogP contribution in [0.4, 0.5) is 10.5 Å². The van der Waals surface area contributed by atoms with E-state index in [4.69, 9.17) is 4.74 Å². The number of thioether (sulfide) groups is 1. The van der Waals surface area contributed by atoms with Gasteiger partial charge in [-0.1, -0.05) is 66.7 Å². The summed E-state index contributed by atoms with van der Waals surface area (Å²) in [6.07, 6.45) is 0. The fraction of sp³-hybridized carbons (Fsp3) is 0.300. The summed E-state index contributed by atoms with van der Waals surface area (Å²) in [5.41, 5.74) is 3.88. The third-order valence-corrected chi connectivity index (χ3v) is 7.26. The van der Waals surface area contributed by atoms with E-state index in [0.29, 0.717) is 11.4 Å². The third-order valence-electron chi connectivity index (χ3n) is 5.95. The number of nitrogens with one attached hydrogen (secondary N) is 2. The molecule has 1 fully saturated rings. The predicted molar refractivity (Wildman–Crippen MR) is 152 cm³/mol. The third kappa shape index (κ3) is 6.75. The van der Waals surface area contributed by atoms with Crippen molar-refractivity contribution in [1.29, 1.82) is 0 Å². The second-order valence-electron chi connectivity index (χ2n) is 10.2. The summed E-state index contributed by atoms with van der Waals surface area (Å²) < 4.78 is 5.67. The zero-order valence-corrected chi connectivity index (χ0v) is 22.9. The van der Waals surface area contributed by atoms with Crippen LogP contribution < -0.4 is 10.6 Å². The summed E-state index contributed by atoms with van der Waals surface area (Å²) in [4.78, 5) is 40.9. The van der Waals surface area contributed by atoms with E-state index in [1.807, 2.05) is 79.7 Å². The lowest BCUT2D eigenvalue weighted by atomic mass is 9.99. The minimum Gasteiger partial charge on any atom is -0.458 e. The summed E-state index contributed by atoms with van der Waals surface area (Å²) in [7, 11) is 0. The molecule has 38 heavy (non-hydrogen) atoms. The molecule has 3 amide bonds. The molecule has 8 heteroatoms. The number of urea groups is 1. The van der Waals surface area contributed by atoms with Gasteiger partial charge in [-0.3, -0.25) is 4.79 Å². The molecule has 1 saturated heterocycles. The second-order valence-corrected chi connectivity index (χ2v) is 11.3. The van der Waals surface area contributed by atoms with Crippen molar-refractivity contribution >= 4 is 35.4 Å². The molecular formula is C30H33N3O4S. The van der Waals surface area contributed by atoms with Gasteiger partial charge in [0.25, 0.3) is 0 Å². The molecule has 0 saturated carbocycles. The quantitative estimate of drug-likeness (QED) is 0.395. The Morgan fingerprint density at radius 2 is 1.68 bits per heavy atom. The highest BCUT2D eigenvalue weighted by atomic mass is 32.2. The van der Waals surface area contributed by atoms with Crippen LogP contribution in [0.1, 0.15) is 37.3 Å². The SMILES string of the molecule is Cc1cccc(NC(=O)NCC(=O)N2[C@@H](c3ccccc3-c3ccccc3)SC[C@H]2C(=O)OC(C)(C)C)c1. The van der Waals surface area contributed by atoms with E-state index in [9.17, 15) is 14.4 Å². The van der Waals surface area contributed by atoms with Crippen molar-refractivity contribution in [1.82, 2.24) is 10.2 Å². The van der Waals surface area contributed by atoms with E-state index in [1.54, 1.807) is 31.7 Å². The van der Waals surface area contributed by atoms with Crippen LogP contribution in [-0.4, -0.2) is 46.7 Å². The Balaban J connectivity index is 1.58. The van der Waals surface area contributed by atoms with Gasteiger partial charge in [0.1, 0.15) is 17.0 Å². The summed E-state index contributed by atoms with van der Waals surface area (Å²) in [6.45, 7) is 7.08.